The highest BCUT2D eigenvalue weighted by Crippen LogP contribution is 2.43. The largest absolute Gasteiger partial charge is 0.303 e. The maximum Gasteiger partial charge on any atom is 0.127 e. The van der Waals surface area contributed by atoms with Crippen molar-refractivity contribution in [3.8, 4) is 0 Å². The van der Waals surface area contributed by atoms with Crippen LogP contribution in [0.1, 0.15) is 40.0 Å². The van der Waals surface area contributed by atoms with Gasteiger partial charge in [-0.25, -0.2) is 0 Å². The maximum absolute atomic E-state index is 10.7. The molecule has 1 saturated carbocycles. The van der Waals surface area contributed by atoms with Crippen LogP contribution >= 0.6 is 0 Å². The molecule has 1 unspecified atom stereocenters. The molecule has 1 heteroatoms. The highest BCUT2D eigenvalue weighted by atomic mass is 16.1. The molecular formula is C10H17O. The smallest absolute Gasteiger partial charge is 0.127 e. The van der Waals surface area contributed by atoms with E-state index in [4.69, 9.17) is 0 Å². The highest BCUT2D eigenvalue weighted by Gasteiger charge is 2.36. The number of carbonyl (C=O) groups is 1. The van der Waals surface area contributed by atoms with E-state index in [1.807, 2.05) is 0 Å². The molecule has 1 radical (unpaired) electrons. The highest BCUT2D eigenvalue weighted by molar-refractivity contribution is 5.71. The summed E-state index contributed by atoms with van der Waals surface area (Å²) < 4.78 is 0. The van der Waals surface area contributed by atoms with Gasteiger partial charge in [0, 0.05) is 5.92 Å². The number of rotatable bonds is 1. The summed E-state index contributed by atoms with van der Waals surface area (Å²) in [7, 11) is 0. The predicted octanol–water partition coefficient (Wildman–Crippen LogP) is 2.61. The zero-order chi connectivity index (χ0) is 8.48. The standard InChI is InChI=1S/C10H17O/c1-8-5-4-6-10(2,3)9(8)7-11/h7-8H,4-6H2,1-3H3. The molecule has 63 valence electrons. The average molecular weight is 153 g/mol. The Labute approximate surface area is 69.2 Å². The van der Waals surface area contributed by atoms with Crippen LogP contribution in [0, 0.1) is 17.3 Å². The minimum Gasteiger partial charge on any atom is -0.303 e. The van der Waals surface area contributed by atoms with E-state index in [2.05, 4.69) is 20.8 Å². The summed E-state index contributed by atoms with van der Waals surface area (Å²) in [4.78, 5) is 10.7. The third kappa shape index (κ3) is 1.63. The van der Waals surface area contributed by atoms with Gasteiger partial charge in [-0.05, 0) is 24.2 Å². The Morgan fingerprint density at radius 3 is 2.55 bits per heavy atom. The van der Waals surface area contributed by atoms with Gasteiger partial charge in [0.2, 0.25) is 0 Å². The first-order valence-electron chi connectivity index (χ1n) is 4.40. The lowest BCUT2D eigenvalue weighted by atomic mass is 9.65. The molecule has 0 aromatic heterocycles. The van der Waals surface area contributed by atoms with E-state index >= 15 is 0 Å². The van der Waals surface area contributed by atoms with E-state index in [0.29, 0.717) is 5.92 Å². The van der Waals surface area contributed by atoms with Crippen LogP contribution in [0.25, 0.3) is 0 Å². The van der Waals surface area contributed by atoms with Crippen molar-refractivity contribution in [2.24, 2.45) is 11.3 Å². The van der Waals surface area contributed by atoms with Gasteiger partial charge in [-0.15, -0.1) is 0 Å². The predicted molar refractivity (Wildman–Crippen MR) is 46.1 cm³/mol. The van der Waals surface area contributed by atoms with Crippen LogP contribution in [-0.2, 0) is 4.79 Å². The van der Waals surface area contributed by atoms with Crippen LogP contribution < -0.4 is 0 Å². The van der Waals surface area contributed by atoms with Crippen LogP contribution in [0.5, 0.6) is 0 Å². The van der Waals surface area contributed by atoms with Crippen LogP contribution in [0.4, 0.5) is 0 Å². The molecule has 0 amide bonds. The molecule has 0 aromatic rings. The fourth-order valence-corrected chi connectivity index (χ4v) is 2.09. The van der Waals surface area contributed by atoms with Crippen molar-refractivity contribution in [1.29, 1.82) is 0 Å². The van der Waals surface area contributed by atoms with Crippen LogP contribution in [-0.4, -0.2) is 6.29 Å². The fourth-order valence-electron chi connectivity index (χ4n) is 2.09. The van der Waals surface area contributed by atoms with E-state index in [-0.39, 0.29) is 5.41 Å². The second-order valence-corrected chi connectivity index (χ2v) is 4.25. The molecule has 0 aliphatic heterocycles. The van der Waals surface area contributed by atoms with Crippen molar-refractivity contribution in [2.75, 3.05) is 0 Å². The van der Waals surface area contributed by atoms with Crippen LogP contribution in [0.3, 0.4) is 0 Å². The van der Waals surface area contributed by atoms with Gasteiger partial charge in [0.1, 0.15) is 6.29 Å². The van der Waals surface area contributed by atoms with Crippen molar-refractivity contribution < 1.29 is 4.79 Å². The first-order valence-corrected chi connectivity index (χ1v) is 4.40. The van der Waals surface area contributed by atoms with Gasteiger partial charge in [0.25, 0.3) is 0 Å². The van der Waals surface area contributed by atoms with E-state index in [1.54, 1.807) is 0 Å². The summed E-state index contributed by atoms with van der Waals surface area (Å²) >= 11 is 0. The Morgan fingerprint density at radius 2 is 2.18 bits per heavy atom. The zero-order valence-electron chi connectivity index (χ0n) is 7.68. The molecule has 0 aromatic carbocycles. The average Bonchev–Trinajstić information content (AvgIpc) is 1.86. The van der Waals surface area contributed by atoms with Crippen molar-refractivity contribution in [3.05, 3.63) is 5.92 Å². The van der Waals surface area contributed by atoms with Gasteiger partial charge in [0.15, 0.2) is 0 Å². The quantitative estimate of drug-likeness (QED) is 0.529. The van der Waals surface area contributed by atoms with Crippen molar-refractivity contribution in [2.45, 2.75) is 40.0 Å². The molecule has 1 aliphatic rings. The SMILES string of the molecule is CC1CCCC(C)(C)[C]1C=O. The molecule has 0 saturated heterocycles. The molecule has 1 atom stereocenters. The summed E-state index contributed by atoms with van der Waals surface area (Å²) in [6.45, 7) is 6.50. The van der Waals surface area contributed by atoms with Gasteiger partial charge >= 0.3 is 0 Å². The minimum absolute atomic E-state index is 0.166. The summed E-state index contributed by atoms with van der Waals surface area (Å²) in [5.74, 6) is 1.62. The van der Waals surface area contributed by atoms with E-state index in [9.17, 15) is 4.79 Å². The van der Waals surface area contributed by atoms with Crippen molar-refractivity contribution >= 4 is 6.29 Å². The Kier molecular flexibility index (Phi) is 2.36. The van der Waals surface area contributed by atoms with Gasteiger partial charge in [-0.1, -0.05) is 27.2 Å². The molecule has 0 N–H and O–H groups in total. The maximum atomic E-state index is 10.7. The lowest BCUT2D eigenvalue weighted by Gasteiger charge is -2.38. The van der Waals surface area contributed by atoms with E-state index in [1.165, 1.54) is 19.3 Å². The van der Waals surface area contributed by atoms with Gasteiger partial charge in [-0.3, -0.25) is 0 Å². The molecule has 0 bridgehead atoms. The summed E-state index contributed by atoms with van der Waals surface area (Å²) in [5.41, 5.74) is 0.166. The minimum atomic E-state index is 0.166. The lowest BCUT2D eigenvalue weighted by molar-refractivity contribution is -0.109. The molecular weight excluding hydrogens is 136 g/mol. The number of hydrogen-bond donors (Lipinski definition) is 0. The topological polar surface area (TPSA) is 17.1 Å². The third-order valence-electron chi connectivity index (χ3n) is 2.88. The van der Waals surface area contributed by atoms with Crippen LogP contribution in [0.15, 0.2) is 0 Å². The van der Waals surface area contributed by atoms with E-state index in [0.717, 1.165) is 12.2 Å². The molecule has 1 fully saturated rings. The number of aldehydes is 1. The molecule has 0 spiro atoms. The second-order valence-electron chi connectivity index (χ2n) is 4.25. The summed E-state index contributed by atoms with van der Waals surface area (Å²) in [6, 6.07) is 0. The monoisotopic (exact) mass is 153 g/mol. The normalized spacial score (nSPS) is 31.7. The number of hydrogen-bond acceptors (Lipinski definition) is 1. The Hall–Kier alpha value is -0.330. The first-order chi connectivity index (χ1) is 5.08. The van der Waals surface area contributed by atoms with Crippen molar-refractivity contribution in [3.63, 3.8) is 0 Å². The molecule has 11 heavy (non-hydrogen) atoms. The first kappa shape index (κ1) is 8.76. The lowest BCUT2D eigenvalue weighted by Crippen LogP contribution is -2.32. The van der Waals surface area contributed by atoms with Gasteiger partial charge < -0.3 is 4.79 Å². The molecule has 1 nitrogen and oxygen atoms in total. The Balaban J connectivity index is 2.72. The number of carbonyl (C=O) groups excluding carboxylic acids is 1. The van der Waals surface area contributed by atoms with Crippen LogP contribution in [0.2, 0.25) is 0 Å². The van der Waals surface area contributed by atoms with Gasteiger partial charge in [-0.2, -0.15) is 0 Å². The zero-order valence-corrected chi connectivity index (χ0v) is 7.68. The third-order valence-corrected chi connectivity index (χ3v) is 2.88. The fraction of sp³-hybridized carbons (Fsp3) is 0.800. The molecule has 1 aliphatic carbocycles. The van der Waals surface area contributed by atoms with Gasteiger partial charge in [0.05, 0.1) is 0 Å². The summed E-state index contributed by atoms with van der Waals surface area (Å²) in [6.07, 6.45) is 4.71. The van der Waals surface area contributed by atoms with E-state index < -0.39 is 0 Å². The van der Waals surface area contributed by atoms with Crippen molar-refractivity contribution in [1.82, 2.24) is 0 Å². The molecule has 0 heterocycles. The Bertz CT molecular complexity index is 149. The second kappa shape index (κ2) is 2.96. The molecule has 1 rings (SSSR count). The Morgan fingerprint density at radius 1 is 1.55 bits per heavy atom. The summed E-state index contributed by atoms with van der Waals surface area (Å²) in [5, 5.41) is 0.